The van der Waals surface area contributed by atoms with E-state index >= 15 is 0 Å². The summed E-state index contributed by atoms with van der Waals surface area (Å²) in [6, 6.07) is 11.3. The molecule has 3 rings (SSSR count). The molecule has 0 unspecified atom stereocenters. The van der Waals surface area contributed by atoms with Crippen molar-refractivity contribution >= 4 is 44.0 Å². The van der Waals surface area contributed by atoms with E-state index in [1.807, 2.05) is 26.0 Å². The Bertz CT molecular complexity index is 1180. The van der Waals surface area contributed by atoms with E-state index in [-0.39, 0.29) is 9.47 Å². The van der Waals surface area contributed by atoms with E-state index in [0.717, 1.165) is 28.2 Å². The van der Waals surface area contributed by atoms with Crippen LogP contribution in [-0.2, 0) is 10.0 Å². The van der Waals surface area contributed by atoms with Gasteiger partial charge in [0.1, 0.15) is 5.75 Å². The van der Waals surface area contributed by atoms with Crippen molar-refractivity contribution in [3.05, 3.63) is 64.2 Å². The summed E-state index contributed by atoms with van der Waals surface area (Å²) in [7, 11) is -2.35. The monoisotopic (exact) mass is 480 g/mol. The summed E-state index contributed by atoms with van der Waals surface area (Å²) >= 11 is 6.59. The van der Waals surface area contributed by atoms with Gasteiger partial charge in [-0.1, -0.05) is 42.0 Å². The van der Waals surface area contributed by atoms with Crippen molar-refractivity contribution in [2.45, 2.75) is 30.6 Å². The van der Waals surface area contributed by atoms with Crippen molar-refractivity contribution in [2.24, 2.45) is 0 Å². The van der Waals surface area contributed by atoms with Crippen LogP contribution >= 0.6 is 22.9 Å². The Morgan fingerprint density at radius 2 is 1.90 bits per heavy atom. The number of ether oxygens (including phenoxy) is 1. The molecule has 1 atom stereocenters. The van der Waals surface area contributed by atoms with E-state index in [2.05, 4.69) is 20.2 Å². The van der Waals surface area contributed by atoms with Crippen LogP contribution in [0.25, 0.3) is 0 Å². The molecule has 0 aliphatic heterocycles. The van der Waals surface area contributed by atoms with Gasteiger partial charge in [-0.2, -0.15) is 0 Å². The van der Waals surface area contributed by atoms with Crippen LogP contribution in [0.15, 0.2) is 46.8 Å². The van der Waals surface area contributed by atoms with Crippen LogP contribution in [0.4, 0.5) is 5.13 Å². The number of anilines is 1. The Hall–Kier alpha value is -2.53. The predicted octanol–water partition coefficient (Wildman–Crippen LogP) is 4.19. The van der Waals surface area contributed by atoms with Crippen molar-refractivity contribution in [1.29, 1.82) is 0 Å². The lowest BCUT2D eigenvalue weighted by Crippen LogP contribution is -2.28. The minimum absolute atomic E-state index is 0.0775. The quantitative estimate of drug-likeness (QED) is 0.468. The number of benzene rings is 2. The van der Waals surface area contributed by atoms with Crippen molar-refractivity contribution in [2.75, 3.05) is 12.4 Å². The third-order valence-corrected chi connectivity index (χ3v) is 7.42. The number of sulfonamides is 1. The molecule has 0 spiro atoms. The normalized spacial score (nSPS) is 12.4. The van der Waals surface area contributed by atoms with Crippen molar-refractivity contribution in [3.63, 3.8) is 0 Å². The molecule has 0 aliphatic carbocycles. The number of carbonyl (C=O) groups is 1. The molecule has 0 radical (unpaired) electrons. The van der Waals surface area contributed by atoms with Crippen molar-refractivity contribution in [1.82, 2.24) is 14.9 Å². The number of nitrogens with one attached hydrogen (secondary N) is 2. The largest absolute Gasteiger partial charge is 0.496 e. The Morgan fingerprint density at radius 3 is 2.52 bits per heavy atom. The van der Waals surface area contributed by atoms with Crippen LogP contribution in [0.1, 0.15) is 40.9 Å². The van der Waals surface area contributed by atoms with Gasteiger partial charge in [0.05, 0.1) is 7.11 Å². The Balaban J connectivity index is 1.74. The van der Waals surface area contributed by atoms with Gasteiger partial charge in [-0.25, -0.2) is 13.1 Å². The van der Waals surface area contributed by atoms with Gasteiger partial charge in [0.25, 0.3) is 15.9 Å². The zero-order valence-electron chi connectivity index (χ0n) is 17.0. The molecule has 0 saturated carbocycles. The van der Waals surface area contributed by atoms with Gasteiger partial charge >= 0.3 is 0 Å². The van der Waals surface area contributed by atoms with Crippen LogP contribution in [0.5, 0.6) is 5.75 Å². The van der Waals surface area contributed by atoms with Gasteiger partial charge in [0.15, 0.2) is 0 Å². The van der Waals surface area contributed by atoms with E-state index < -0.39 is 22.0 Å². The van der Waals surface area contributed by atoms with Crippen LogP contribution < -0.4 is 14.8 Å². The molecule has 164 valence electrons. The molecular weight excluding hydrogens is 460 g/mol. The molecular formula is C20H21ClN4O4S2. The summed E-state index contributed by atoms with van der Waals surface area (Å²) in [4.78, 5) is 12.3. The van der Waals surface area contributed by atoms with Gasteiger partial charge in [-0.3, -0.25) is 10.1 Å². The maximum Gasteiger partial charge on any atom is 0.270 e. The van der Waals surface area contributed by atoms with Gasteiger partial charge < -0.3 is 4.74 Å². The smallest absolute Gasteiger partial charge is 0.270 e. The lowest BCUT2D eigenvalue weighted by Gasteiger charge is -2.17. The lowest BCUT2D eigenvalue weighted by atomic mass is 10.0. The SMILES string of the molecule is CC[C@@H](NS(=O)(=O)c1nnc(NC(=O)c2ccc(Cl)cc2)s1)c1ccc(OC)c(C)c1. The summed E-state index contributed by atoms with van der Waals surface area (Å²) < 4.78 is 33.4. The molecule has 0 fully saturated rings. The first-order valence-electron chi connectivity index (χ1n) is 9.30. The maximum absolute atomic E-state index is 12.8. The van der Waals surface area contributed by atoms with Gasteiger partial charge in [0.2, 0.25) is 9.47 Å². The molecule has 3 aromatic rings. The first kappa shape index (κ1) is 23.1. The first-order valence-corrected chi connectivity index (χ1v) is 12.0. The lowest BCUT2D eigenvalue weighted by molar-refractivity contribution is 0.102. The predicted molar refractivity (Wildman–Crippen MR) is 120 cm³/mol. The second-order valence-corrected chi connectivity index (χ2v) is 9.95. The number of hydrogen-bond acceptors (Lipinski definition) is 7. The molecule has 1 heterocycles. The number of carbonyl (C=O) groups excluding carboxylic acids is 1. The number of hydrogen-bond donors (Lipinski definition) is 2. The fourth-order valence-corrected chi connectivity index (χ4v) is 5.23. The molecule has 1 amide bonds. The van der Waals surface area contributed by atoms with Crippen LogP contribution in [0.2, 0.25) is 5.02 Å². The summed E-state index contributed by atoms with van der Waals surface area (Å²) in [5.74, 6) is 0.288. The third kappa shape index (κ3) is 5.59. The number of amides is 1. The number of aryl methyl sites for hydroxylation is 1. The molecule has 31 heavy (non-hydrogen) atoms. The van der Waals surface area contributed by atoms with Gasteiger partial charge in [-0.05, 0) is 54.8 Å². The fourth-order valence-electron chi connectivity index (χ4n) is 2.88. The topological polar surface area (TPSA) is 110 Å². The van der Waals surface area contributed by atoms with Crippen LogP contribution in [-0.4, -0.2) is 31.6 Å². The summed E-state index contributed by atoms with van der Waals surface area (Å²) in [5, 5.41) is 10.6. The van der Waals surface area contributed by atoms with Gasteiger partial charge in [-0.15, -0.1) is 10.2 Å². The zero-order chi connectivity index (χ0) is 22.6. The minimum Gasteiger partial charge on any atom is -0.496 e. The highest BCUT2D eigenvalue weighted by atomic mass is 35.5. The highest BCUT2D eigenvalue weighted by Crippen LogP contribution is 2.27. The molecule has 0 saturated heterocycles. The van der Waals surface area contributed by atoms with E-state index in [9.17, 15) is 13.2 Å². The zero-order valence-corrected chi connectivity index (χ0v) is 19.4. The second-order valence-electron chi connectivity index (χ2n) is 6.65. The van der Waals surface area contributed by atoms with Crippen molar-refractivity contribution < 1.29 is 17.9 Å². The fraction of sp³-hybridized carbons (Fsp3) is 0.250. The molecule has 0 bridgehead atoms. The average molecular weight is 481 g/mol. The highest BCUT2D eigenvalue weighted by molar-refractivity contribution is 7.91. The molecule has 2 N–H and O–H groups in total. The van der Waals surface area contributed by atoms with Crippen LogP contribution in [0.3, 0.4) is 0 Å². The van der Waals surface area contributed by atoms with E-state index in [0.29, 0.717) is 17.0 Å². The highest BCUT2D eigenvalue weighted by Gasteiger charge is 2.25. The molecule has 0 aliphatic rings. The number of rotatable bonds is 8. The first-order chi connectivity index (χ1) is 14.7. The number of halogens is 1. The number of aromatic nitrogens is 2. The van der Waals surface area contributed by atoms with Gasteiger partial charge in [0, 0.05) is 16.6 Å². The van der Waals surface area contributed by atoms with Crippen LogP contribution in [0, 0.1) is 6.92 Å². The Morgan fingerprint density at radius 1 is 1.19 bits per heavy atom. The summed E-state index contributed by atoms with van der Waals surface area (Å²) in [6.45, 7) is 3.77. The standard InChI is InChI=1S/C20H21ClN4O4S2/c1-4-16(14-7-10-17(29-3)12(2)11-14)25-31(27,28)20-24-23-19(30-20)22-18(26)13-5-8-15(21)9-6-13/h5-11,16,25H,4H2,1-3H3,(H,22,23,26)/t16-/m1/s1. The van der Waals surface area contributed by atoms with E-state index in [1.54, 1.807) is 37.4 Å². The number of methoxy groups -OCH3 is 1. The minimum atomic E-state index is -3.94. The number of nitrogens with zero attached hydrogens (tertiary/aromatic N) is 2. The summed E-state index contributed by atoms with van der Waals surface area (Å²) in [5.41, 5.74) is 2.08. The summed E-state index contributed by atoms with van der Waals surface area (Å²) in [6.07, 6.45) is 0.532. The maximum atomic E-state index is 12.8. The Labute approximate surface area is 189 Å². The third-order valence-electron chi connectivity index (χ3n) is 4.49. The second kappa shape index (κ2) is 9.73. The Kier molecular flexibility index (Phi) is 7.26. The van der Waals surface area contributed by atoms with Crippen molar-refractivity contribution in [3.8, 4) is 5.75 Å². The van der Waals surface area contributed by atoms with E-state index in [4.69, 9.17) is 16.3 Å². The van der Waals surface area contributed by atoms with E-state index in [1.165, 1.54) is 0 Å². The average Bonchev–Trinajstić information content (AvgIpc) is 3.22. The molecule has 2 aromatic carbocycles. The molecule has 11 heteroatoms. The molecule has 1 aromatic heterocycles. The molecule has 8 nitrogen and oxygen atoms in total.